The van der Waals surface area contributed by atoms with Crippen LogP contribution in [-0.2, 0) is 0 Å². The average molecular weight is 223 g/mol. The first-order chi connectivity index (χ1) is 7.81. The van der Waals surface area contributed by atoms with Gasteiger partial charge in [0.25, 0.3) is 0 Å². The fourth-order valence-corrected chi connectivity index (χ4v) is 3.56. The van der Waals surface area contributed by atoms with E-state index in [0.717, 1.165) is 17.8 Å². The summed E-state index contributed by atoms with van der Waals surface area (Å²) in [5, 5.41) is 0. The molecule has 16 heavy (non-hydrogen) atoms. The molecule has 2 rings (SSSR count). The van der Waals surface area contributed by atoms with Crippen LogP contribution < -0.4 is 5.73 Å². The summed E-state index contributed by atoms with van der Waals surface area (Å²) in [5.41, 5.74) is 6.40. The SMILES string of the molecule is CCCCC1CCC(C(N)C2CCC2)CC1. The molecule has 0 amide bonds. The first-order valence-electron chi connectivity index (χ1n) is 7.56. The molecule has 0 aliphatic heterocycles. The van der Waals surface area contributed by atoms with Crippen molar-refractivity contribution in [3.63, 3.8) is 0 Å². The van der Waals surface area contributed by atoms with Crippen molar-refractivity contribution in [1.29, 1.82) is 0 Å². The van der Waals surface area contributed by atoms with Crippen LogP contribution in [0.15, 0.2) is 0 Å². The number of nitrogens with two attached hydrogens (primary N) is 1. The second-order valence-corrected chi connectivity index (χ2v) is 6.19. The fourth-order valence-electron chi connectivity index (χ4n) is 3.56. The van der Waals surface area contributed by atoms with Crippen molar-refractivity contribution in [3.8, 4) is 0 Å². The van der Waals surface area contributed by atoms with Crippen molar-refractivity contribution >= 4 is 0 Å². The minimum atomic E-state index is 0.542. The summed E-state index contributed by atoms with van der Waals surface area (Å²) in [6.45, 7) is 2.30. The largest absolute Gasteiger partial charge is 0.327 e. The highest BCUT2D eigenvalue weighted by atomic mass is 14.7. The standard InChI is InChI=1S/C15H29N/c1-2-3-5-12-8-10-14(11-9-12)15(16)13-6-4-7-13/h12-15H,2-11,16H2,1H3. The van der Waals surface area contributed by atoms with Gasteiger partial charge in [-0.25, -0.2) is 0 Å². The Morgan fingerprint density at radius 2 is 1.62 bits per heavy atom. The first kappa shape index (κ1) is 12.4. The number of unbranched alkanes of at least 4 members (excludes halogenated alkanes) is 1. The van der Waals surface area contributed by atoms with Crippen molar-refractivity contribution in [2.24, 2.45) is 23.5 Å². The highest BCUT2D eigenvalue weighted by Gasteiger charge is 2.32. The van der Waals surface area contributed by atoms with E-state index in [0.29, 0.717) is 6.04 Å². The summed E-state index contributed by atoms with van der Waals surface area (Å²) in [6, 6.07) is 0.542. The van der Waals surface area contributed by atoms with Gasteiger partial charge in [0.1, 0.15) is 0 Å². The van der Waals surface area contributed by atoms with E-state index in [4.69, 9.17) is 5.73 Å². The van der Waals surface area contributed by atoms with Crippen molar-refractivity contribution in [2.75, 3.05) is 0 Å². The zero-order valence-electron chi connectivity index (χ0n) is 11.0. The molecule has 0 bridgehead atoms. The van der Waals surface area contributed by atoms with Gasteiger partial charge in [0.15, 0.2) is 0 Å². The quantitative estimate of drug-likeness (QED) is 0.745. The molecule has 2 fully saturated rings. The minimum absolute atomic E-state index is 0.542. The Bertz CT molecular complexity index is 190. The topological polar surface area (TPSA) is 26.0 Å². The zero-order valence-corrected chi connectivity index (χ0v) is 11.0. The molecule has 0 aromatic carbocycles. The molecule has 2 aliphatic rings. The predicted octanol–water partition coefficient (Wildman–Crippen LogP) is 4.11. The van der Waals surface area contributed by atoms with E-state index < -0.39 is 0 Å². The van der Waals surface area contributed by atoms with Crippen LogP contribution in [0, 0.1) is 17.8 Å². The Morgan fingerprint density at radius 1 is 1.00 bits per heavy atom. The number of hydrogen-bond donors (Lipinski definition) is 1. The molecule has 0 aromatic rings. The molecule has 0 spiro atoms. The summed E-state index contributed by atoms with van der Waals surface area (Å²) in [5.74, 6) is 2.78. The molecule has 1 unspecified atom stereocenters. The lowest BCUT2D eigenvalue weighted by atomic mass is 9.69. The average Bonchev–Trinajstić information content (AvgIpc) is 2.24. The van der Waals surface area contributed by atoms with E-state index in [1.165, 1.54) is 64.2 Å². The van der Waals surface area contributed by atoms with E-state index in [1.807, 2.05) is 0 Å². The Morgan fingerprint density at radius 3 is 2.12 bits per heavy atom. The summed E-state index contributed by atoms with van der Waals surface area (Å²) >= 11 is 0. The molecular weight excluding hydrogens is 194 g/mol. The summed E-state index contributed by atoms with van der Waals surface area (Å²) in [7, 11) is 0. The van der Waals surface area contributed by atoms with Gasteiger partial charge in [-0.2, -0.15) is 0 Å². The van der Waals surface area contributed by atoms with Gasteiger partial charge < -0.3 is 5.73 Å². The van der Waals surface area contributed by atoms with Crippen molar-refractivity contribution in [3.05, 3.63) is 0 Å². The molecule has 1 atom stereocenters. The molecule has 0 aromatic heterocycles. The molecule has 2 saturated carbocycles. The van der Waals surface area contributed by atoms with Gasteiger partial charge in [-0.3, -0.25) is 0 Å². The van der Waals surface area contributed by atoms with E-state index in [9.17, 15) is 0 Å². The minimum Gasteiger partial charge on any atom is -0.327 e. The third-order valence-electron chi connectivity index (χ3n) is 5.10. The number of hydrogen-bond acceptors (Lipinski definition) is 1. The molecule has 94 valence electrons. The highest BCUT2D eigenvalue weighted by molar-refractivity contribution is 4.87. The van der Waals surface area contributed by atoms with Gasteiger partial charge in [0.05, 0.1) is 0 Å². The van der Waals surface area contributed by atoms with Crippen LogP contribution in [0.5, 0.6) is 0 Å². The zero-order chi connectivity index (χ0) is 11.4. The van der Waals surface area contributed by atoms with Crippen molar-refractivity contribution < 1.29 is 0 Å². The van der Waals surface area contributed by atoms with Crippen LogP contribution >= 0.6 is 0 Å². The van der Waals surface area contributed by atoms with E-state index in [2.05, 4.69) is 6.92 Å². The molecule has 1 nitrogen and oxygen atoms in total. The summed E-state index contributed by atoms with van der Waals surface area (Å²) in [6.07, 6.45) is 14.3. The van der Waals surface area contributed by atoms with Crippen molar-refractivity contribution in [1.82, 2.24) is 0 Å². The van der Waals surface area contributed by atoms with E-state index >= 15 is 0 Å². The maximum Gasteiger partial charge on any atom is 0.00956 e. The molecule has 2 N–H and O–H groups in total. The Balaban J connectivity index is 1.67. The summed E-state index contributed by atoms with van der Waals surface area (Å²) in [4.78, 5) is 0. The van der Waals surface area contributed by atoms with Crippen LogP contribution in [-0.4, -0.2) is 6.04 Å². The van der Waals surface area contributed by atoms with Crippen LogP contribution in [0.2, 0.25) is 0 Å². The monoisotopic (exact) mass is 223 g/mol. The van der Waals surface area contributed by atoms with Gasteiger partial charge in [-0.15, -0.1) is 0 Å². The number of rotatable bonds is 5. The maximum atomic E-state index is 6.40. The lowest BCUT2D eigenvalue weighted by Gasteiger charge is -2.39. The third-order valence-corrected chi connectivity index (χ3v) is 5.10. The molecule has 2 aliphatic carbocycles. The maximum absolute atomic E-state index is 6.40. The Labute approximate surface area is 101 Å². The second kappa shape index (κ2) is 6.05. The smallest absolute Gasteiger partial charge is 0.00956 e. The molecule has 0 radical (unpaired) electrons. The lowest BCUT2D eigenvalue weighted by molar-refractivity contribution is 0.154. The lowest BCUT2D eigenvalue weighted by Crippen LogP contribution is -2.42. The van der Waals surface area contributed by atoms with Crippen LogP contribution in [0.1, 0.15) is 71.1 Å². The van der Waals surface area contributed by atoms with E-state index in [1.54, 1.807) is 0 Å². The second-order valence-electron chi connectivity index (χ2n) is 6.19. The van der Waals surface area contributed by atoms with Crippen LogP contribution in [0.3, 0.4) is 0 Å². The normalized spacial score (nSPS) is 33.4. The van der Waals surface area contributed by atoms with E-state index in [-0.39, 0.29) is 0 Å². The Kier molecular flexibility index (Phi) is 4.69. The Hall–Kier alpha value is -0.0400. The molecule has 0 heterocycles. The van der Waals surface area contributed by atoms with Gasteiger partial charge in [0, 0.05) is 6.04 Å². The molecular formula is C15H29N. The highest BCUT2D eigenvalue weighted by Crippen LogP contribution is 2.39. The predicted molar refractivity (Wildman–Crippen MR) is 70.3 cm³/mol. The van der Waals surface area contributed by atoms with Gasteiger partial charge >= 0.3 is 0 Å². The fraction of sp³-hybridized carbons (Fsp3) is 1.00. The molecule has 0 saturated heterocycles. The van der Waals surface area contributed by atoms with Gasteiger partial charge in [0.2, 0.25) is 0 Å². The first-order valence-corrected chi connectivity index (χ1v) is 7.56. The van der Waals surface area contributed by atoms with Crippen LogP contribution in [0.25, 0.3) is 0 Å². The van der Waals surface area contributed by atoms with Gasteiger partial charge in [-0.05, 0) is 43.4 Å². The van der Waals surface area contributed by atoms with Crippen molar-refractivity contribution in [2.45, 2.75) is 77.2 Å². The third kappa shape index (κ3) is 3.00. The summed E-state index contributed by atoms with van der Waals surface area (Å²) < 4.78 is 0. The van der Waals surface area contributed by atoms with Gasteiger partial charge in [-0.1, -0.05) is 45.4 Å². The van der Waals surface area contributed by atoms with Crippen LogP contribution in [0.4, 0.5) is 0 Å². The molecule has 1 heteroatoms.